The maximum atomic E-state index is 13.3. The zero-order valence-corrected chi connectivity index (χ0v) is 11.7. The lowest BCUT2D eigenvalue weighted by molar-refractivity contribution is 0.298. The molecule has 3 aromatic rings. The number of nitrogens with zero attached hydrogens (tertiary/aromatic N) is 2. The van der Waals surface area contributed by atoms with E-state index in [2.05, 4.69) is 10.3 Å². The Kier molecular flexibility index (Phi) is 3.83. The predicted molar refractivity (Wildman–Crippen MR) is 78.7 cm³/mol. The number of fused-ring (bicyclic) bond motifs is 1. The van der Waals surface area contributed by atoms with Gasteiger partial charge in [-0.15, -0.1) is 0 Å². The number of pyridine rings is 1. The molecule has 108 valence electrons. The lowest BCUT2D eigenvalue weighted by Crippen LogP contribution is -2.08. The van der Waals surface area contributed by atoms with Crippen molar-refractivity contribution in [2.45, 2.75) is 13.2 Å². The summed E-state index contributed by atoms with van der Waals surface area (Å²) in [5.74, 6) is 0.406. The van der Waals surface area contributed by atoms with Gasteiger partial charge in [0, 0.05) is 24.5 Å². The third kappa shape index (κ3) is 3.03. The van der Waals surface area contributed by atoms with Crippen LogP contribution in [-0.2, 0) is 13.2 Å². The second-order valence-electron chi connectivity index (χ2n) is 4.77. The highest BCUT2D eigenvalue weighted by Crippen LogP contribution is 2.21. The van der Waals surface area contributed by atoms with Gasteiger partial charge < -0.3 is 14.5 Å². The summed E-state index contributed by atoms with van der Waals surface area (Å²) in [6.45, 7) is 0.905. The fourth-order valence-electron chi connectivity index (χ4n) is 2.23. The van der Waals surface area contributed by atoms with E-state index in [1.807, 2.05) is 42.0 Å². The number of hydrogen-bond donors (Lipinski definition) is 1. The third-order valence-corrected chi connectivity index (χ3v) is 3.18. The molecular formula is C16H16FN3O. The maximum absolute atomic E-state index is 13.3. The Morgan fingerprint density at radius 3 is 3.00 bits per heavy atom. The molecule has 21 heavy (non-hydrogen) atoms. The first kappa shape index (κ1) is 13.6. The van der Waals surface area contributed by atoms with Gasteiger partial charge in [0.25, 0.3) is 0 Å². The van der Waals surface area contributed by atoms with Gasteiger partial charge in [0.15, 0.2) is 0 Å². The topological polar surface area (TPSA) is 38.6 Å². The van der Waals surface area contributed by atoms with Crippen LogP contribution in [0.3, 0.4) is 0 Å². The Balaban J connectivity index is 1.77. The van der Waals surface area contributed by atoms with Crippen molar-refractivity contribution in [2.75, 3.05) is 7.05 Å². The highest BCUT2D eigenvalue weighted by atomic mass is 19.1. The van der Waals surface area contributed by atoms with Gasteiger partial charge >= 0.3 is 0 Å². The zero-order chi connectivity index (χ0) is 14.7. The molecule has 4 nitrogen and oxygen atoms in total. The second-order valence-corrected chi connectivity index (χ2v) is 4.77. The molecule has 2 heterocycles. The molecule has 0 aliphatic heterocycles. The molecule has 0 radical (unpaired) electrons. The SMILES string of the molecule is CNCc1cc(F)ccc1OCc1cn2ccccc2n1. The molecule has 3 rings (SSSR count). The molecule has 0 saturated carbocycles. The minimum atomic E-state index is -0.264. The van der Waals surface area contributed by atoms with Crippen molar-refractivity contribution in [3.8, 4) is 5.75 Å². The summed E-state index contributed by atoms with van der Waals surface area (Å²) >= 11 is 0. The Morgan fingerprint density at radius 2 is 2.19 bits per heavy atom. The van der Waals surface area contributed by atoms with Crippen LogP contribution >= 0.6 is 0 Å². The Morgan fingerprint density at radius 1 is 1.29 bits per heavy atom. The van der Waals surface area contributed by atoms with E-state index in [0.717, 1.165) is 16.9 Å². The van der Waals surface area contributed by atoms with Crippen LogP contribution in [0.1, 0.15) is 11.3 Å². The normalized spacial score (nSPS) is 11.0. The molecule has 0 fully saturated rings. The van der Waals surface area contributed by atoms with Crippen molar-refractivity contribution < 1.29 is 9.13 Å². The van der Waals surface area contributed by atoms with E-state index in [-0.39, 0.29) is 5.82 Å². The van der Waals surface area contributed by atoms with Crippen LogP contribution in [0.25, 0.3) is 5.65 Å². The fourth-order valence-corrected chi connectivity index (χ4v) is 2.23. The Hall–Kier alpha value is -2.40. The van der Waals surface area contributed by atoms with Gasteiger partial charge in [-0.1, -0.05) is 6.07 Å². The number of aromatic nitrogens is 2. The largest absolute Gasteiger partial charge is 0.487 e. The first-order chi connectivity index (χ1) is 10.3. The van der Waals surface area contributed by atoms with Crippen molar-refractivity contribution in [2.24, 2.45) is 0 Å². The summed E-state index contributed by atoms with van der Waals surface area (Å²) < 4.78 is 21.0. The fraction of sp³-hybridized carbons (Fsp3) is 0.188. The van der Waals surface area contributed by atoms with Crippen LogP contribution in [0.15, 0.2) is 48.8 Å². The standard InChI is InChI=1S/C16H16FN3O/c1-18-9-12-8-13(17)5-6-15(12)21-11-14-10-20-7-3-2-4-16(20)19-14/h2-8,10,18H,9,11H2,1H3. The van der Waals surface area contributed by atoms with Gasteiger partial charge in [0.1, 0.15) is 23.8 Å². The van der Waals surface area contributed by atoms with Crippen molar-refractivity contribution in [1.29, 1.82) is 0 Å². The number of imidazole rings is 1. The van der Waals surface area contributed by atoms with Crippen molar-refractivity contribution >= 4 is 5.65 Å². The number of hydrogen-bond acceptors (Lipinski definition) is 3. The van der Waals surface area contributed by atoms with Gasteiger partial charge in [-0.25, -0.2) is 9.37 Å². The van der Waals surface area contributed by atoms with E-state index in [4.69, 9.17) is 4.74 Å². The number of ether oxygens (including phenoxy) is 1. The number of nitrogens with one attached hydrogen (secondary N) is 1. The molecule has 0 unspecified atom stereocenters. The molecule has 1 aromatic carbocycles. The van der Waals surface area contributed by atoms with Crippen LogP contribution in [0, 0.1) is 5.82 Å². The van der Waals surface area contributed by atoms with Crippen LogP contribution in [0.5, 0.6) is 5.75 Å². The molecule has 0 amide bonds. The van der Waals surface area contributed by atoms with Crippen LogP contribution in [-0.4, -0.2) is 16.4 Å². The van der Waals surface area contributed by atoms with Gasteiger partial charge in [-0.2, -0.15) is 0 Å². The first-order valence-electron chi connectivity index (χ1n) is 6.75. The van der Waals surface area contributed by atoms with Gasteiger partial charge in [0.05, 0.1) is 5.69 Å². The molecule has 0 bridgehead atoms. The van der Waals surface area contributed by atoms with E-state index in [1.54, 1.807) is 6.07 Å². The summed E-state index contributed by atoms with van der Waals surface area (Å²) in [5.41, 5.74) is 2.51. The summed E-state index contributed by atoms with van der Waals surface area (Å²) in [5, 5.41) is 3.00. The molecular weight excluding hydrogens is 269 g/mol. The predicted octanol–water partition coefficient (Wildman–Crippen LogP) is 2.77. The molecule has 0 saturated heterocycles. The Bertz CT molecular complexity index is 721. The molecule has 0 spiro atoms. The summed E-state index contributed by atoms with van der Waals surface area (Å²) in [4.78, 5) is 4.47. The minimum absolute atomic E-state index is 0.264. The average Bonchev–Trinajstić information content (AvgIpc) is 2.89. The van der Waals surface area contributed by atoms with Gasteiger partial charge in [0.2, 0.25) is 0 Å². The highest BCUT2D eigenvalue weighted by Gasteiger charge is 2.07. The molecule has 0 aliphatic rings. The average molecular weight is 285 g/mol. The number of halogens is 1. The molecule has 1 N–H and O–H groups in total. The molecule has 5 heteroatoms. The molecule has 0 atom stereocenters. The Labute approximate surface area is 122 Å². The lowest BCUT2D eigenvalue weighted by atomic mass is 10.2. The van der Waals surface area contributed by atoms with Crippen molar-refractivity contribution in [1.82, 2.24) is 14.7 Å². The van der Waals surface area contributed by atoms with Gasteiger partial charge in [-0.05, 0) is 37.4 Å². The quantitative estimate of drug-likeness (QED) is 0.783. The summed E-state index contributed by atoms with van der Waals surface area (Å²) in [7, 11) is 1.82. The maximum Gasteiger partial charge on any atom is 0.137 e. The third-order valence-electron chi connectivity index (χ3n) is 3.18. The minimum Gasteiger partial charge on any atom is -0.487 e. The van der Waals surface area contributed by atoms with E-state index >= 15 is 0 Å². The number of benzene rings is 1. The van der Waals surface area contributed by atoms with Crippen molar-refractivity contribution in [3.63, 3.8) is 0 Å². The molecule has 0 aliphatic carbocycles. The first-order valence-corrected chi connectivity index (χ1v) is 6.75. The van der Waals surface area contributed by atoms with E-state index < -0.39 is 0 Å². The van der Waals surface area contributed by atoms with Crippen LogP contribution in [0.4, 0.5) is 4.39 Å². The van der Waals surface area contributed by atoms with Gasteiger partial charge in [-0.3, -0.25) is 0 Å². The number of rotatable bonds is 5. The van der Waals surface area contributed by atoms with E-state index in [1.165, 1.54) is 12.1 Å². The second kappa shape index (κ2) is 5.93. The smallest absolute Gasteiger partial charge is 0.137 e. The van der Waals surface area contributed by atoms with Crippen LogP contribution < -0.4 is 10.1 Å². The summed E-state index contributed by atoms with van der Waals surface area (Å²) in [6.07, 6.45) is 3.87. The zero-order valence-electron chi connectivity index (χ0n) is 11.7. The summed E-state index contributed by atoms with van der Waals surface area (Å²) in [6, 6.07) is 10.4. The van der Waals surface area contributed by atoms with E-state index in [0.29, 0.717) is 18.9 Å². The lowest BCUT2D eigenvalue weighted by Gasteiger charge is -2.10. The molecule has 2 aromatic heterocycles. The highest BCUT2D eigenvalue weighted by molar-refractivity contribution is 5.39. The van der Waals surface area contributed by atoms with Crippen LogP contribution in [0.2, 0.25) is 0 Å². The van der Waals surface area contributed by atoms with Crippen molar-refractivity contribution in [3.05, 3.63) is 65.9 Å². The monoisotopic (exact) mass is 285 g/mol. The van der Waals surface area contributed by atoms with E-state index in [9.17, 15) is 4.39 Å².